The lowest BCUT2D eigenvalue weighted by atomic mass is 10.5. The highest BCUT2D eigenvalue weighted by Gasteiger charge is 1.95. The Bertz CT molecular complexity index is 271. The minimum Gasteiger partial charge on any atom is -0.461 e. The summed E-state index contributed by atoms with van der Waals surface area (Å²) in [5.74, 6) is -0.403. The molecule has 0 aromatic rings. The van der Waals surface area contributed by atoms with Gasteiger partial charge >= 0.3 is 5.97 Å². The molecule has 0 aliphatic heterocycles. The van der Waals surface area contributed by atoms with Gasteiger partial charge in [-0.3, -0.25) is 0 Å². The van der Waals surface area contributed by atoms with Crippen molar-refractivity contribution in [2.24, 2.45) is 0 Å². The average molecular weight is 245 g/mol. The fourth-order valence-electron chi connectivity index (χ4n) is 0.700. The molecule has 0 aromatic carbocycles. The van der Waals surface area contributed by atoms with Crippen LogP contribution < -0.4 is 0 Å². The van der Waals surface area contributed by atoms with Gasteiger partial charge in [-0.2, -0.15) is 0 Å². The molecule has 0 fully saturated rings. The molecule has 0 atom stereocenters. The highest BCUT2D eigenvalue weighted by Crippen LogP contribution is 2.03. The summed E-state index contributed by atoms with van der Waals surface area (Å²) in [5, 5.41) is 0. The standard InChI is InChI=1S/C10H15NO2S2/c1-3-9(12)13-8-7-11(2)6-4-5-10(14)15/h3-6,14-15H,1,7-8H2,2H3/b6-4+. The Morgan fingerprint density at radius 1 is 1.53 bits per heavy atom. The van der Waals surface area contributed by atoms with Crippen LogP contribution in [0.4, 0.5) is 0 Å². The zero-order valence-corrected chi connectivity index (χ0v) is 10.4. The predicted molar refractivity (Wildman–Crippen MR) is 69.0 cm³/mol. The minimum absolute atomic E-state index is 0.337. The molecule has 84 valence electrons. The van der Waals surface area contributed by atoms with Gasteiger partial charge in [-0.1, -0.05) is 6.58 Å². The highest BCUT2D eigenvalue weighted by atomic mass is 32.2. The number of esters is 1. The lowest BCUT2D eigenvalue weighted by Gasteiger charge is -2.12. The summed E-state index contributed by atoms with van der Waals surface area (Å²) < 4.78 is 5.45. The maximum atomic E-state index is 10.7. The van der Waals surface area contributed by atoms with Crippen LogP contribution in [-0.4, -0.2) is 31.1 Å². The lowest BCUT2D eigenvalue weighted by molar-refractivity contribution is -0.137. The largest absolute Gasteiger partial charge is 0.461 e. The first kappa shape index (κ1) is 14.2. The van der Waals surface area contributed by atoms with E-state index in [1.165, 1.54) is 0 Å². The molecule has 0 rings (SSSR count). The fourth-order valence-corrected chi connectivity index (χ4v) is 0.872. The number of nitrogens with zero attached hydrogens (tertiary/aromatic N) is 1. The first-order valence-electron chi connectivity index (χ1n) is 4.32. The SMILES string of the molecule is C=CC(=O)OCCN(C)/C=C/C=C(S)S. The van der Waals surface area contributed by atoms with Crippen molar-refractivity contribution >= 4 is 31.2 Å². The number of hydrogen-bond acceptors (Lipinski definition) is 5. The third-order valence-electron chi connectivity index (χ3n) is 1.44. The van der Waals surface area contributed by atoms with E-state index in [1.807, 2.05) is 24.2 Å². The summed E-state index contributed by atoms with van der Waals surface area (Å²) in [6.07, 6.45) is 6.55. The summed E-state index contributed by atoms with van der Waals surface area (Å²) in [6.45, 7) is 4.26. The molecule has 0 radical (unpaired) electrons. The molecule has 0 unspecified atom stereocenters. The van der Waals surface area contributed by atoms with E-state index >= 15 is 0 Å². The minimum atomic E-state index is -0.403. The number of carbonyl (C=O) groups is 1. The van der Waals surface area contributed by atoms with Gasteiger partial charge in [0, 0.05) is 17.4 Å². The number of ether oxygens (including phenoxy) is 1. The van der Waals surface area contributed by atoms with Gasteiger partial charge in [0.2, 0.25) is 0 Å². The van der Waals surface area contributed by atoms with Crippen LogP contribution in [0.5, 0.6) is 0 Å². The fraction of sp³-hybridized carbons (Fsp3) is 0.300. The zero-order valence-electron chi connectivity index (χ0n) is 8.59. The zero-order chi connectivity index (χ0) is 11.7. The van der Waals surface area contributed by atoms with Crippen LogP contribution in [0.15, 0.2) is 35.2 Å². The second kappa shape index (κ2) is 8.49. The van der Waals surface area contributed by atoms with Crippen molar-refractivity contribution in [1.29, 1.82) is 0 Å². The summed E-state index contributed by atoms with van der Waals surface area (Å²) in [5.41, 5.74) is 0. The molecule has 0 heterocycles. The molecule has 0 bridgehead atoms. The second-order valence-corrected chi connectivity index (χ2v) is 4.04. The summed E-state index contributed by atoms with van der Waals surface area (Å²) in [7, 11) is 1.88. The van der Waals surface area contributed by atoms with Gasteiger partial charge in [0.05, 0.1) is 6.54 Å². The van der Waals surface area contributed by atoms with Gasteiger partial charge in [-0.05, 0) is 18.4 Å². The number of rotatable bonds is 6. The van der Waals surface area contributed by atoms with Crippen LogP contribution >= 0.6 is 25.3 Å². The van der Waals surface area contributed by atoms with E-state index in [1.54, 1.807) is 6.08 Å². The average Bonchev–Trinajstić information content (AvgIpc) is 2.17. The van der Waals surface area contributed by atoms with Crippen molar-refractivity contribution in [2.45, 2.75) is 0 Å². The third kappa shape index (κ3) is 9.49. The summed E-state index contributed by atoms with van der Waals surface area (Å²) in [4.78, 5) is 12.6. The van der Waals surface area contributed by atoms with Gasteiger partial charge in [0.25, 0.3) is 0 Å². The molecule has 0 aromatic heterocycles. The second-order valence-electron chi connectivity index (χ2n) is 2.72. The van der Waals surface area contributed by atoms with E-state index in [9.17, 15) is 4.79 Å². The van der Waals surface area contributed by atoms with Crippen molar-refractivity contribution in [3.8, 4) is 0 Å². The molecular formula is C10H15NO2S2. The molecule has 0 saturated heterocycles. The predicted octanol–water partition coefficient (Wildman–Crippen LogP) is 1.86. The number of likely N-dealkylation sites (N-methyl/N-ethyl adjacent to an activating group) is 1. The first-order chi connectivity index (χ1) is 7.06. The Balaban J connectivity index is 3.70. The lowest BCUT2D eigenvalue weighted by Crippen LogP contribution is -2.18. The van der Waals surface area contributed by atoms with Crippen molar-refractivity contribution in [1.82, 2.24) is 4.90 Å². The monoisotopic (exact) mass is 245 g/mol. The molecule has 0 aliphatic rings. The van der Waals surface area contributed by atoms with Crippen LogP contribution in [0.2, 0.25) is 0 Å². The van der Waals surface area contributed by atoms with Crippen LogP contribution in [0.3, 0.4) is 0 Å². The topological polar surface area (TPSA) is 29.5 Å². The summed E-state index contributed by atoms with van der Waals surface area (Å²) in [6, 6.07) is 0. The van der Waals surface area contributed by atoms with Crippen molar-refractivity contribution in [3.63, 3.8) is 0 Å². The normalized spacial score (nSPS) is 9.80. The Morgan fingerprint density at radius 2 is 2.20 bits per heavy atom. The van der Waals surface area contributed by atoms with E-state index in [-0.39, 0.29) is 0 Å². The summed E-state index contributed by atoms with van der Waals surface area (Å²) >= 11 is 7.97. The van der Waals surface area contributed by atoms with Gasteiger partial charge in [-0.25, -0.2) is 4.79 Å². The Labute approximate surface area is 101 Å². The quantitative estimate of drug-likeness (QED) is 0.324. The molecule has 3 nitrogen and oxygen atoms in total. The van der Waals surface area contributed by atoms with Crippen LogP contribution in [0.25, 0.3) is 0 Å². The maximum absolute atomic E-state index is 10.7. The Morgan fingerprint density at radius 3 is 2.73 bits per heavy atom. The van der Waals surface area contributed by atoms with Crippen molar-refractivity contribution in [3.05, 3.63) is 35.2 Å². The van der Waals surface area contributed by atoms with E-state index in [2.05, 4.69) is 31.8 Å². The first-order valence-corrected chi connectivity index (χ1v) is 5.21. The third-order valence-corrected chi connectivity index (χ3v) is 1.74. The van der Waals surface area contributed by atoms with Crippen LogP contribution in [0, 0.1) is 0 Å². The molecule has 0 saturated carbocycles. The number of allylic oxidation sites excluding steroid dienone is 2. The molecule has 5 heteroatoms. The number of hydrogen-bond donors (Lipinski definition) is 2. The van der Waals surface area contributed by atoms with Crippen molar-refractivity contribution in [2.75, 3.05) is 20.2 Å². The molecule has 0 amide bonds. The van der Waals surface area contributed by atoms with E-state index in [4.69, 9.17) is 4.74 Å². The Kier molecular flexibility index (Phi) is 8.04. The molecule has 0 spiro atoms. The number of carbonyl (C=O) groups excluding carboxylic acids is 1. The van der Waals surface area contributed by atoms with Crippen LogP contribution in [-0.2, 0) is 9.53 Å². The van der Waals surface area contributed by atoms with E-state index in [0.717, 1.165) is 6.08 Å². The smallest absolute Gasteiger partial charge is 0.330 e. The van der Waals surface area contributed by atoms with Crippen LogP contribution in [0.1, 0.15) is 0 Å². The van der Waals surface area contributed by atoms with Gasteiger partial charge < -0.3 is 9.64 Å². The van der Waals surface area contributed by atoms with Gasteiger partial charge in [-0.15, -0.1) is 25.3 Å². The molecular weight excluding hydrogens is 230 g/mol. The van der Waals surface area contributed by atoms with Crippen molar-refractivity contribution < 1.29 is 9.53 Å². The van der Waals surface area contributed by atoms with E-state index in [0.29, 0.717) is 17.4 Å². The van der Waals surface area contributed by atoms with Gasteiger partial charge in [0.1, 0.15) is 6.61 Å². The molecule has 15 heavy (non-hydrogen) atoms. The van der Waals surface area contributed by atoms with E-state index < -0.39 is 5.97 Å². The highest BCUT2D eigenvalue weighted by molar-refractivity contribution is 8.05. The number of thiol groups is 2. The maximum Gasteiger partial charge on any atom is 0.330 e. The Hall–Kier alpha value is -0.810. The molecule has 0 N–H and O–H groups in total. The van der Waals surface area contributed by atoms with Gasteiger partial charge in [0.15, 0.2) is 0 Å². The molecule has 0 aliphatic carbocycles.